The molecule has 152 valence electrons. The number of carbonyl (C=O) groups is 1. The molecule has 0 unspecified atom stereocenters. The minimum absolute atomic E-state index is 0.0537. The maximum atomic E-state index is 13.0. The highest BCUT2D eigenvalue weighted by Crippen LogP contribution is 2.37. The van der Waals surface area contributed by atoms with Crippen LogP contribution in [0.5, 0.6) is 5.75 Å². The molecule has 0 radical (unpaired) electrons. The average Bonchev–Trinajstić information content (AvgIpc) is 2.60. The van der Waals surface area contributed by atoms with Crippen molar-refractivity contribution in [2.45, 2.75) is 41.6 Å². The van der Waals surface area contributed by atoms with Crippen molar-refractivity contribution in [1.29, 1.82) is 5.26 Å². The van der Waals surface area contributed by atoms with Crippen molar-refractivity contribution in [3.63, 3.8) is 0 Å². The maximum Gasteiger partial charge on any atom is 0.416 e. The third-order valence-corrected chi connectivity index (χ3v) is 4.39. The molecule has 0 saturated carbocycles. The summed E-state index contributed by atoms with van der Waals surface area (Å²) in [5.74, 6) is 2.24. The molecule has 0 atom stereocenters. The highest BCUT2D eigenvalue weighted by molar-refractivity contribution is 6.67. The Bertz CT molecular complexity index is 745. The Hall–Kier alpha value is -1.50. The van der Waals surface area contributed by atoms with Gasteiger partial charge < -0.3 is 9.47 Å². The predicted octanol–water partition coefficient (Wildman–Crippen LogP) is 5.72. The normalized spacial score (nSPS) is 15.7. The Morgan fingerprint density at radius 1 is 1.29 bits per heavy atom. The van der Waals surface area contributed by atoms with Crippen LogP contribution in [-0.4, -0.2) is 29.3 Å². The van der Waals surface area contributed by atoms with Crippen LogP contribution in [0.2, 0.25) is 12.6 Å². The van der Waals surface area contributed by atoms with Gasteiger partial charge in [-0.05, 0) is 31.0 Å². The first-order valence-corrected chi connectivity index (χ1v) is 9.39. The number of hydrogen-bond donors (Lipinski definition) is 1. The number of alkyl halides is 6. The molecule has 1 fully saturated rings. The first-order valence-electron chi connectivity index (χ1n) is 8.26. The highest BCUT2D eigenvalue weighted by atomic mass is 35.6. The average molecular weight is 457 g/mol. The molecular weight excluding hydrogens is 442 g/mol. The molecule has 28 heavy (non-hydrogen) atoms. The van der Waals surface area contributed by atoms with E-state index in [0.29, 0.717) is 25.5 Å². The summed E-state index contributed by atoms with van der Waals surface area (Å²) in [4.78, 5) is 11.9. The molecule has 5 nitrogen and oxygen atoms in total. The Labute approximate surface area is 175 Å². The van der Waals surface area contributed by atoms with E-state index < -0.39 is 28.2 Å². The van der Waals surface area contributed by atoms with Crippen molar-refractivity contribution >= 4 is 53.3 Å². The first-order chi connectivity index (χ1) is 13.0. The van der Waals surface area contributed by atoms with Crippen molar-refractivity contribution in [1.82, 2.24) is 0 Å². The summed E-state index contributed by atoms with van der Waals surface area (Å²) in [6.45, 7) is -0.640. The molecule has 1 saturated heterocycles. The molecular formula is C16H15BCl3F3N2O3. The van der Waals surface area contributed by atoms with Gasteiger partial charge in [0.1, 0.15) is 12.4 Å². The van der Waals surface area contributed by atoms with Gasteiger partial charge in [0.15, 0.2) is 0 Å². The van der Waals surface area contributed by atoms with E-state index in [1.165, 1.54) is 0 Å². The van der Waals surface area contributed by atoms with Crippen LogP contribution in [0.15, 0.2) is 18.2 Å². The van der Waals surface area contributed by atoms with Crippen LogP contribution >= 0.6 is 34.8 Å². The smallest absolute Gasteiger partial charge is 0.416 e. The monoisotopic (exact) mass is 456 g/mol. The Morgan fingerprint density at radius 2 is 1.93 bits per heavy atom. The van der Waals surface area contributed by atoms with E-state index in [4.69, 9.17) is 49.5 Å². The third kappa shape index (κ3) is 7.15. The van der Waals surface area contributed by atoms with Crippen LogP contribution in [0.3, 0.4) is 0 Å². The van der Waals surface area contributed by atoms with Gasteiger partial charge >= 0.3 is 12.3 Å². The van der Waals surface area contributed by atoms with Crippen LogP contribution in [-0.2, 0) is 10.9 Å². The molecule has 0 aliphatic carbocycles. The van der Waals surface area contributed by atoms with Crippen LogP contribution in [0.1, 0.15) is 18.4 Å². The summed E-state index contributed by atoms with van der Waals surface area (Å²) in [6.07, 6.45) is -3.55. The van der Waals surface area contributed by atoms with E-state index >= 15 is 0 Å². The minimum atomic E-state index is -4.61. The summed E-state index contributed by atoms with van der Waals surface area (Å²) >= 11 is 16.4. The van der Waals surface area contributed by atoms with Crippen LogP contribution in [0.25, 0.3) is 0 Å². The molecule has 1 heterocycles. The molecule has 12 heteroatoms. The van der Waals surface area contributed by atoms with E-state index in [0.717, 1.165) is 18.2 Å². The maximum absolute atomic E-state index is 13.0. The van der Waals surface area contributed by atoms with Gasteiger partial charge in [-0.15, -0.1) is 0 Å². The summed E-state index contributed by atoms with van der Waals surface area (Å²) < 4.78 is 47.6. The van der Waals surface area contributed by atoms with Crippen molar-refractivity contribution in [2.75, 3.05) is 11.9 Å². The number of benzene rings is 1. The fourth-order valence-electron chi connectivity index (χ4n) is 2.69. The lowest BCUT2D eigenvalue weighted by molar-refractivity contribution is -0.137. The van der Waals surface area contributed by atoms with E-state index in [9.17, 15) is 18.0 Å². The second-order valence-corrected chi connectivity index (χ2v) is 8.76. The number of anilines is 1. The zero-order valence-corrected chi connectivity index (χ0v) is 16.6. The number of nitrogens with zero attached hydrogens (tertiary/aromatic N) is 1. The Kier molecular flexibility index (Phi) is 7.60. The zero-order valence-electron chi connectivity index (χ0n) is 14.4. The number of hydrogen-bond acceptors (Lipinski definition) is 4. The summed E-state index contributed by atoms with van der Waals surface area (Å²) in [7, 11) is 0. The SMILES string of the molecule is N#CB1CCC(Oc2ccc(C(F)(F)F)cc2NC(=O)OCC(Cl)(Cl)Cl)CC1. The van der Waals surface area contributed by atoms with E-state index in [1.54, 1.807) is 0 Å². The molecule has 1 aromatic rings. The topological polar surface area (TPSA) is 71.3 Å². The van der Waals surface area contributed by atoms with Crippen molar-refractivity contribution in [2.24, 2.45) is 0 Å². The molecule has 1 amide bonds. The number of nitrogens with one attached hydrogen (secondary N) is 1. The molecule has 0 bridgehead atoms. The van der Waals surface area contributed by atoms with E-state index in [-0.39, 0.29) is 24.3 Å². The number of rotatable bonds is 4. The number of halogens is 6. The molecule has 1 N–H and O–H groups in total. The van der Waals surface area contributed by atoms with Gasteiger partial charge in [-0.2, -0.15) is 13.2 Å². The van der Waals surface area contributed by atoms with Gasteiger partial charge in [0.2, 0.25) is 3.79 Å². The third-order valence-electron chi connectivity index (χ3n) is 4.06. The fraction of sp³-hybridized carbons (Fsp3) is 0.500. The highest BCUT2D eigenvalue weighted by Gasteiger charge is 2.32. The second kappa shape index (κ2) is 9.34. The van der Waals surface area contributed by atoms with Crippen LogP contribution < -0.4 is 10.1 Å². The molecule has 1 aromatic carbocycles. The van der Waals surface area contributed by atoms with Gasteiger partial charge in [-0.3, -0.25) is 5.32 Å². The van der Waals surface area contributed by atoms with E-state index in [2.05, 4.69) is 11.3 Å². The molecule has 2 rings (SSSR count). The largest absolute Gasteiger partial charge is 0.488 e. The Balaban J connectivity index is 2.15. The fourth-order valence-corrected chi connectivity index (χ4v) is 2.85. The van der Waals surface area contributed by atoms with Crippen molar-refractivity contribution < 1.29 is 27.4 Å². The second-order valence-electron chi connectivity index (χ2n) is 6.25. The van der Waals surface area contributed by atoms with Crippen LogP contribution in [0.4, 0.5) is 23.7 Å². The molecule has 0 spiro atoms. The number of amides is 1. The lowest BCUT2D eigenvalue weighted by Gasteiger charge is -2.26. The zero-order chi connectivity index (χ0) is 20.9. The quantitative estimate of drug-likeness (QED) is 0.464. The number of ether oxygens (including phenoxy) is 2. The van der Waals surface area contributed by atoms with E-state index in [1.807, 2.05) is 0 Å². The summed E-state index contributed by atoms with van der Waals surface area (Å²) in [6, 6.07) is 2.73. The minimum Gasteiger partial charge on any atom is -0.488 e. The number of carbonyl (C=O) groups excluding carboxylic acids is 1. The Morgan fingerprint density at radius 3 is 2.46 bits per heavy atom. The lowest BCUT2D eigenvalue weighted by Crippen LogP contribution is -2.28. The van der Waals surface area contributed by atoms with Gasteiger partial charge in [0.25, 0.3) is 6.71 Å². The van der Waals surface area contributed by atoms with Crippen molar-refractivity contribution in [3.05, 3.63) is 23.8 Å². The summed E-state index contributed by atoms with van der Waals surface area (Å²) in [5, 5.41) is 11.1. The first kappa shape index (κ1) is 22.8. The van der Waals surface area contributed by atoms with Gasteiger partial charge in [-0.25, -0.2) is 10.1 Å². The van der Waals surface area contributed by atoms with Crippen molar-refractivity contribution in [3.8, 4) is 11.7 Å². The van der Waals surface area contributed by atoms with Gasteiger partial charge in [0.05, 0.1) is 17.4 Å². The predicted molar refractivity (Wildman–Crippen MR) is 101 cm³/mol. The lowest BCUT2D eigenvalue weighted by atomic mass is 9.42. The van der Waals surface area contributed by atoms with Gasteiger partial charge in [-0.1, -0.05) is 47.4 Å². The summed E-state index contributed by atoms with van der Waals surface area (Å²) in [5.41, 5.74) is -1.18. The van der Waals surface area contributed by atoms with Gasteiger partial charge in [0, 0.05) is 5.97 Å². The molecule has 1 aliphatic rings. The van der Waals surface area contributed by atoms with Crippen LogP contribution in [0, 0.1) is 11.2 Å². The molecule has 1 aliphatic heterocycles. The molecule has 0 aromatic heterocycles. The number of nitriles is 1. The standard InChI is InChI=1S/C16H15BCl3F3N2O3/c18-15(19,20)8-27-14(26)25-12-7-10(16(21,22)23)1-2-13(12)28-11-3-5-17(9-24)6-4-11/h1-2,7,11H,3-6,8H2,(H,25,26).